The van der Waals surface area contributed by atoms with Crippen LogP contribution in [0.1, 0.15) is 54.4 Å². The summed E-state index contributed by atoms with van der Waals surface area (Å²) in [5.41, 5.74) is 3.98. The van der Waals surface area contributed by atoms with Crippen molar-refractivity contribution in [2.75, 3.05) is 0 Å². The number of carbonyl (C=O) groups excluding carboxylic acids is 1. The quantitative estimate of drug-likeness (QED) is 0.866. The monoisotopic (exact) mass is 377 g/mol. The maximum atomic E-state index is 12.9. The zero-order valence-electron chi connectivity index (χ0n) is 16.1. The number of nitrogens with zero attached hydrogens (tertiary/aromatic N) is 1. The van der Waals surface area contributed by atoms with Gasteiger partial charge < -0.3 is 14.7 Å². The highest BCUT2D eigenvalue weighted by atomic mass is 16.6. The fraction of sp³-hybridized carbons (Fsp3) is 0.458. The third-order valence-electron chi connectivity index (χ3n) is 6.83. The molecule has 2 aromatic carbocycles. The van der Waals surface area contributed by atoms with Gasteiger partial charge in [-0.05, 0) is 54.4 Å². The zero-order valence-corrected chi connectivity index (χ0v) is 16.1. The molecule has 5 rings (SSSR count). The number of amides is 1. The molecule has 2 saturated heterocycles. The molecule has 0 radical (unpaired) electrons. The number of carbonyl (C=O) groups is 1. The van der Waals surface area contributed by atoms with E-state index in [0.717, 1.165) is 43.2 Å². The molecule has 2 aliphatic heterocycles. The molecule has 2 heterocycles. The minimum atomic E-state index is -0.837. The third-order valence-corrected chi connectivity index (χ3v) is 6.83. The number of hydrogen-bond donors (Lipinski definition) is 1. The van der Waals surface area contributed by atoms with Crippen LogP contribution in [0.3, 0.4) is 0 Å². The van der Waals surface area contributed by atoms with Gasteiger partial charge in [0.05, 0.1) is 5.60 Å². The van der Waals surface area contributed by atoms with E-state index in [4.69, 9.17) is 4.74 Å². The van der Waals surface area contributed by atoms with E-state index >= 15 is 0 Å². The first-order valence-corrected chi connectivity index (χ1v) is 10.5. The smallest absolute Gasteiger partial charge is 0.410 e. The highest BCUT2D eigenvalue weighted by Gasteiger charge is 2.48. The maximum absolute atomic E-state index is 12.9. The Kier molecular flexibility index (Phi) is 4.39. The Hall–Kier alpha value is -2.33. The topological polar surface area (TPSA) is 49.8 Å². The normalized spacial score (nSPS) is 28.2. The van der Waals surface area contributed by atoms with Crippen LogP contribution in [0, 0.1) is 0 Å². The molecule has 1 amide bonds. The lowest BCUT2D eigenvalue weighted by Gasteiger charge is -2.51. The van der Waals surface area contributed by atoms with Crippen molar-refractivity contribution in [3.05, 3.63) is 70.8 Å². The molecule has 2 bridgehead atoms. The molecule has 2 aromatic rings. The van der Waals surface area contributed by atoms with Crippen molar-refractivity contribution >= 4 is 6.09 Å². The van der Waals surface area contributed by atoms with E-state index < -0.39 is 5.60 Å². The van der Waals surface area contributed by atoms with Gasteiger partial charge in [-0.1, -0.05) is 48.5 Å². The van der Waals surface area contributed by atoms with Crippen molar-refractivity contribution in [1.82, 2.24) is 4.90 Å². The van der Waals surface area contributed by atoms with Crippen molar-refractivity contribution in [2.24, 2.45) is 0 Å². The van der Waals surface area contributed by atoms with Gasteiger partial charge in [-0.15, -0.1) is 0 Å². The van der Waals surface area contributed by atoms with Gasteiger partial charge >= 0.3 is 6.09 Å². The molecule has 1 aliphatic carbocycles. The van der Waals surface area contributed by atoms with E-state index in [9.17, 15) is 9.90 Å². The summed E-state index contributed by atoms with van der Waals surface area (Å²) in [6.07, 6.45) is 6.21. The lowest BCUT2D eigenvalue weighted by molar-refractivity contribution is -0.0896. The predicted molar refractivity (Wildman–Crippen MR) is 107 cm³/mol. The molecule has 4 nitrogen and oxygen atoms in total. The van der Waals surface area contributed by atoms with Crippen LogP contribution in [0.2, 0.25) is 0 Å². The number of aliphatic hydroxyl groups is 1. The molecule has 146 valence electrons. The lowest BCUT2D eigenvalue weighted by Crippen LogP contribution is -2.59. The molecule has 3 aliphatic rings. The van der Waals surface area contributed by atoms with Crippen LogP contribution in [0.5, 0.6) is 0 Å². The largest absolute Gasteiger partial charge is 0.445 e. The molecule has 2 fully saturated rings. The second kappa shape index (κ2) is 6.93. The van der Waals surface area contributed by atoms with Gasteiger partial charge in [0.25, 0.3) is 0 Å². The summed E-state index contributed by atoms with van der Waals surface area (Å²) in [4.78, 5) is 14.8. The van der Waals surface area contributed by atoms with Gasteiger partial charge in [-0.3, -0.25) is 0 Å². The second-order valence-corrected chi connectivity index (χ2v) is 8.61. The Bertz CT molecular complexity index is 865. The predicted octanol–water partition coefficient (Wildman–Crippen LogP) is 4.33. The molecule has 2 atom stereocenters. The minimum Gasteiger partial charge on any atom is -0.445 e. The Labute approximate surface area is 166 Å². The van der Waals surface area contributed by atoms with Crippen molar-refractivity contribution < 1.29 is 14.6 Å². The minimum absolute atomic E-state index is 0.0480. The van der Waals surface area contributed by atoms with Crippen LogP contribution in [0.15, 0.2) is 48.5 Å². The van der Waals surface area contributed by atoms with Gasteiger partial charge in [-0.2, -0.15) is 0 Å². The second-order valence-electron chi connectivity index (χ2n) is 8.61. The van der Waals surface area contributed by atoms with Crippen molar-refractivity contribution in [3.8, 4) is 0 Å². The average Bonchev–Trinajstić information content (AvgIpc) is 2.67. The van der Waals surface area contributed by atoms with Gasteiger partial charge in [0.2, 0.25) is 0 Å². The van der Waals surface area contributed by atoms with E-state index in [-0.39, 0.29) is 18.2 Å². The van der Waals surface area contributed by atoms with Gasteiger partial charge in [0.1, 0.15) is 6.61 Å². The first kappa shape index (κ1) is 17.7. The summed E-state index contributed by atoms with van der Waals surface area (Å²) < 4.78 is 5.63. The third kappa shape index (κ3) is 3.10. The van der Waals surface area contributed by atoms with E-state index in [0.29, 0.717) is 19.4 Å². The van der Waals surface area contributed by atoms with E-state index in [1.54, 1.807) is 0 Å². The molecule has 0 aromatic heterocycles. The maximum Gasteiger partial charge on any atom is 0.410 e. The van der Waals surface area contributed by atoms with Gasteiger partial charge in [0.15, 0.2) is 0 Å². The van der Waals surface area contributed by atoms with Crippen LogP contribution in [0.25, 0.3) is 0 Å². The first-order chi connectivity index (χ1) is 13.6. The number of benzene rings is 2. The van der Waals surface area contributed by atoms with Crippen molar-refractivity contribution in [1.29, 1.82) is 0 Å². The van der Waals surface area contributed by atoms with E-state index in [1.165, 1.54) is 11.1 Å². The highest BCUT2D eigenvalue weighted by molar-refractivity contribution is 5.69. The molecule has 0 saturated carbocycles. The first-order valence-electron chi connectivity index (χ1n) is 10.5. The Morgan fingerprint density at radius 3 is 2.39 bits per heavy atom. The number of ether oxygens (including phenoxy) is 1. The number of hydrogen-bond acceptors (Lipinski definition) is 3. The fourth-order valence-electron chi connectivity index (χ4n) is 5.24. The number of piperidine rings is 2. The standard InChI is InChI=1S/C24H27NO3/c26-23(28-16-17-5-2-1-3-6-17)25-21-7-4-8-22(25)15-24(27,14-21)20-12-11-18-9-10-19(18)13-20/h1-3,5-6,11-13,21-22,27H,4,7-10,14-16H2. The summed E-state index contributed by atoms with van der Waals surface area (Å²) in [6, 6.07) is 16.3. The zero-order chi connectivity index (χ0) is 19.1. The van der Waals surface area contributed by atoms with Gasteiger partial charge in [0, 0.05) is 24.9 Å². The van der Waals surface area contributed by atoms with E-state index in [2.05, 4.69) is 18.2 Å². The van der Waals surface area contributed by atoms with E-state index in [1.807, 2.05) is 35.2 Å². The van der Waals surface area contributed by atoms with Crippen LogP contribution >= 0.6 is 0 Å². The van der Waals surface area contributed by atoms with Crippen LogP contribution in [-0.2, 0) is 29.8 Å². The average molecular weight is 377 g/mol. The van der Waals surface area contributed by atoms with Crippen LogP contribution < -0.4 is 0 Å². The summed E-state index contributed by atoms with van der Waals surface area (Å²) in [6.45, 7) is 0.296. The van der Waals surface area contributed by atoms with Crippen LogP contribution in [-0.4, -0.2) is 28.2 Å². The lowest BCUT2D eigenvalue weighted by atomic mass is 9.71. The molecule has 4 heteroatoms. The van der Waals surface area contributed by atoms with Crippen molar-refractivity contribution in [3.63, 3.8) is 0 Å². The van der Waals surface area contributed by atoms with Gasteiger partial charge in [-0.25, -0.2) is 4.79 Å². The molecular weight excluding hydrogens is 350 g/mol. The Morgan fingerprint density at radius 1 is 1.04 bits per heavy atom. The molecular formula is C24H27NO3. The number of fused-ring (bicyclic) bond motifs is 3. The SMILES string of the molecule is O=C(OCc1ccccc1)N1C2CCCC1CC(O)(c1ccc3c(c1)CC3)C2. The summed E-state index contributed by atoms with van der Waals surface area (Å²) in [7, 11) is 0. The summed E-state index contributed by atoms with van der Waals surface area (Å²) >= 11 is 0. The molecule has 0 spiro atoms. The Balaban J connectivity index is 1.32. The fourth-order valence-corrected chi connectivity index (χ4v) is 5.24. The highest BCUT2D eigenvalue weighted by Crippen LogP contribution is 2.45. The summed E-state index contributed by atoms with van der Waals surface area (Å²) in [5.74, 6) is 0. The molecule has 28 heavy (non-hydrogen) atoms. The molecule has 2 unspecified atom stereocenters. The Morgan fingerprint density at radius 2 is 1.75 bits per heavy atom. The summed E-state index contributed by atoms with van der Waals surface area (Å²) in [5, 5.41) is 11.5. The number of rotatable bonds is 3. The number of aryl methyl sites for hydroxylation is 2. The van der Waals surface area contributed by atoms with Crippen LogP contribution in [0.4, 0.5) is 4.79 Å². The molecule has 1 N–H and O–H groups in total. The van der Waals surface area contributed by atoms with Crippen molar-refractivity contribution in [2.45, 2.75) is 69.2 Å².